The number of aryl methyl sites for hydroxylation is 1. The van der Waals surface area contributed by atoms with Crippen LogP contribution in [-0.4, -0.2) is 9.55 Å². The minimum atomic E-state index is 0.534. The Morgan fingerprint density at radius 2 is 2.31 bits per heavy atom. The van der Waals surface area contributed by atoms with Crippen LogP contribution in [0, 0.1) is 0 Å². The summed E-state index contributed by atoms with van der Waals surface area (Å²) in [6.45, 7) is 0.534. The molecular formula is C11H12BrN3S. The molecule has 2 aromatic rings. The fraction of sp³-hybridized carbons (Fsp3) is 0.182. The fourth-order valence-corrected chi connectivity index (χ4v) is 2.69. The van der Waals surface area contributed by atoms with Crippen molar-refractivity contribution in [1.29, 1.82) is 0 Å². The van der Waals surface area contributed by atoms with Crippen LogP contribution in [0.15, 0.2) is 45.1 Å². The third kappa shape index (κ3) is 2.48. The first-order valence-electron chi connectivity index (χ1n) is 4.84. The van der Waals surface area contributed by atoms with Gasteiger partial charge in [-0.15, -0.1) is 0 Å². The first kappa shape index (κ1) is 11.7. The van der Waals surface area contributed by atoms with Crippen molar-refractivity contribution in [2.24, 2.45) is 12.8 Å². The van der Waals surface area contributed by atoms with Gasteiger partial charge in [0.05, 0.1) is 0 Å². The van der Waals surface area contributed by atoms with Crippen LogP contribution in [0.5, 0.6) is 0 Å². The van der Waals surface area contributed by atoms with Gasteiger partial charge in [0.15, 0.2) is 5.16 Å². The van der Waals surface area contributed by atoms with Crippen LogP contribution in [0.1, 0.15) is 5.56 Å². The Bertz CT molecular complexity index is 496. The number of benzene rings is 1. The van der Waals surface area contributed by atoms with Gasteiger partial charge in [0.2, 0.25) is 0 Å². The number of hydrogen-bond donors (Lipinski definition) is 1. The molecule has 2 N–H and O–H groups in total. The average Bonchev–Trinajstić information content (AvgIpc) is 2.67. The highest BCUT2D eigenvalue weighted by Gasteiger charge is 2.07. The van der Waals surface area contributed by atoms with Crippen molar-refractivity contribution in [2.75, 3.05) is 0 Å². The van der Waals surface area contributed by atoms with Crippen molar-refractivity contribution in [2.45, 2.75) is 16.6 Å². The lowest BCUT2D eigenvalue weighted by Crippen LogP contribution is -1.99. The molecule has 84 valence electrons. The number of nitrogens with two attached hydrogens (primary N) is 1. The lowest BCUT2D eigenvalue weighted by Gasteiger charge is -2.07. The SMILES string of the molecule is Cn1ccnc1Sc1ccc(Br)cc1CN. The highest BCUT2D eigenvalue weighted by atomic mass is 79.9. The minimum Gasteiger partial charge on any atom is -0.329 e. The Kier molecular flexibility index (Phi) is 3.68. The fourth-order valence-electron chi connectivity index (χ4n) is 1.36. The Hall–Kier alpha value is -0.780. The molecule has 0 aliphatic heterocycles. The number of aromatic nitrogens is 2. The van der Waals surface area contributed by atoms with E-state index in [4.69, 9.17) is 5.73 Å². The van der Waals surface area contributed by atoms with E-state index in [1.54, 1.807) is 18.0 Å². The second kappa shape index (κ2) is 5.03. The molecule has 1 aromatic carbocycles. The molecule has 0 aliphatic carbocycles. The predicted octanol–water partition coefficient (Wildman–Crippen LogP) is 2.79. The number of halogens is 1. The molecule has 0 amide bonds. The molecule has 0 bridgehead atoms. The van der Waals surface area contributed by atoms with Gasteiger partial charge in [-0.25, -0.2) is 4.98 Å². The molecule has 0 aliphatic rings. The number of hydrogen-bond acceptors (Lipinski definition) is 3. The lowest BCUT2D eigenvalue weighted by molar-refractivity contribution is 0.789. The summed E-state index contributed by atoms with van der Waals surface area (Å²) in [6, 6.07) is 6.13. The smallest absolute Gasteiger partial charge is 0.172 e. The van der Waals surface area contributed by atoms with Gasteiger partial charge in [-0.1, -0.05) is 27.7 Å². The molecule has 3 nitrogen and oxygen atoms in total. The van der Waals surface area contributed by atoms with Gasteiger partial charge >= 0.3 is 0 Å². The number of nitrogens with zero attached hydrogens (tertiary/aromatic N) is 2. The molecule has 0 unspecified atom stereocenters. The third-order valence-corrected chi connectivity index (χ3v) is 3.91. The highest BCUT2D eigenvalue weighted by Crippen LogP contribution is 2.30. The highest BCUT2D eigenvalue weighted by molar-refractivity contribution is 9.10. The van der Waals surface area contributed by atoms with Crippen LogP contribution in [0.4, 0.5) is 0 Å². The van der Waals surface area contributed by atoms with Crippen LogP contribution in [-0.2, 0) is 13.6 Å². The molecular weight excluding hydrogens is 286 g/mol. The van der Waals surface area contributed by atoms with Gasteiger partial charge in [0.25, 0.3) is 0 Å². The van der Waals surface area contributed by atoms with E-state index >= 15 is 0 Å². The summed E-state index contributed by atoms with van der Waals surface area (Å²) in [5.74, 6) is 0. The van der Waals surface area contributed by atoms with Crippen molar-refractivity contribution in [3.8, 4) is 0 Å². The molecule has 0 radical (unpaired) electrons. The zero-order chi connectivity index (χ0) is 11.5. The molecule has 1 aromatic heterocycles. The van der Waals surface area contributed by atoms with Gasteiger partial charge in [-0.3, -0.25) is 0 Å². The van der Waals surface area contributed by atoms with Crippen molar-refractivity contribution in [3.63, 3.8) is 0 Å². The molecule has 1 heterocycles. The van der Waals surface area contributed by atoms with Crippen LogP contribution in [0.3, 0.4) is 0 Å². The van der Waals surface area contributed by atoms with Gasteiger partial charge in [0, 0.05) is 35.4 Å². The molecule has 0 saturated carbocycles. The maximum Gasteiger partial charge on any atom is 0.172 e. The van der Waals surface area contributed by atoms with Crippen LogP contribution in [0.25, 0.3) is 0 Å². The zero-order valence-corrected chi connectivity index (χ0v) is 11.3. The molecule has 0 fully saturated rings. The first-order chi connectivity index (χ1) is 7.70. The molecule has 0 atom stereocenters. The second-order valence-electron chi connectivity index (χ2n) is 3.38. The normalized spacial score (nSPS) is 10.7. The Labute approximate surface area is 107 Å². The standard InChI is InChI=1S/C11H12BrN3S/c1-15-5-4-14-11(15)16-10-3-2-9(12)6-8(10)7-13/h2-6H,7,13H2,1H3. The van der Waals surface area contributed by atoms with Gasteiger partial charge in [-0.05, 0) is 23.8 Å². The molecule has 0 spiro atoms. The third-order valence-electron chi connectivity index (χ3n) is 2.22. The summed E-state index contributed by atoms with van der Waals surface area (Å²) in [5, 5.41) is 0.969. The summed E-state index contributed by atoms with van der Waals surface area (Å²) >= 11 is 5.08. The van der Waals surface area contributed by atoms with Crippen LogP contribution in [0.2, 0.25) is 0 Å². The predicted molar refractivity (Wildman–Crippen MR) is 69.4 cm³/mol. The average molecular weight is 298 g/mol. The minimum absolute atomic E-state index is 0.534. The summed E-state index contributed by atoms with van der Waals surface area (Å²) < 4.78 is 3.05. The molecule has 16 heavy (non-hydrogen) atoms. The first-order valence-corrected chi connectivity index (χ1v) is 6.45. The Balaban J connectivity index is 2.31. The Morgan fingerprint density at radius 1 is 1.50 bits per heavy atom. The van der Waals surface area contributed by atoms with E-state index in [2.05, 4.69) is 27.0 Å². The van der Waals surface area contributed by atoms with Crippen molar-refractivity contribution in [1.82, 2.24) is 9.55 Å². The maximum atomic E-state index is 5.73. The largest absolute Gasteiger partial charge is 0.329 e. The summed E-state index contributed by atoms with van der Waals surface area (Å²) in [4.78, 5) is 5.44. The zero-order valence-electron chi connectivity index (χ0n) is 8.85. The molecule has 2 rings (SSSR count). The van der Waals surface area contributed by atoms with Crippen LogP contribution >= 0.6 is 27.7 Å². The van der Waals surface area contributed by atoms with Gasteiger partial charge in [0.1, 0.15) is 0 Å². The van der Waals surface area contributed by atoms with Crippen molar-refractivity contribution < 1.29 is 0 Å². The molecule has 5 heteroatoms. The van der Waals surface area contributed by atoms with Crippen molar-refractivity contribution >= 4 is 27.7 Å². The summed E-state index contributed by atoms with van der Waals surface area (Å²) in [6.07, 6.45) is 3.73. The quantitative estimate of drug-likeness (QED) is 0.947. The van der Waals surface area contributed by atoms with Crippen LogP contribution < -0.4 is 5.73 Å². The number of rotatable bonds is 3. The topological polar surface area (TPSA) is 43.8 Å². The summed E-state index contributed by atoms with van der Waals surface area (Å²) in [5.41, 5.74) is 6.85. The van der Waals surface area contributed by atoms with Gasteiger partial charge in [-0.2, -0.15) is 0 Å². The van der Waals surface area contributed by atoms with E-state index in [0.717, 1.165) is 20.1 Å². The van der Waals surface area contributed by atoms with E-state index in [-0.39, 0.29) is 0 Å². The van der Waals surface area contributed by atoms with Gasteiger partial charge < -0.3 is 10.3 Å². The Morgan fingerprint density at radius 3 is 2.94 bits per heavy atom. The maximum absolute atomic E-state index is 5.73. The second-order valence-corrected chi connectivity index (χ2v) is 5.30. The monoisotopic (exact) mass is 297 g/mol. The van der Waals surface area contributed by atoms with E-state index in [1.807, 2.05) is 29.9 Å². The summed E-state index contributed by atoms with van der Waals surface area (Å²) in [7, 11) is 1.98. The molecule has 0 saturated heterocycles. The van der Waals surface area contributed by atoms with E-state index < -0.39 is 0 Å². The van der Waals surface area contributed by atoms with Crippen molar-refractivity contribution in [3.05, 3.63) is 40.6 Å². The lowest BCUT2D eigenvalue weighted by atomic mass is 10.2. The number of imidazole rings is 1. The van der Waals surface area contributed by atoms with E-state index in [0.29, 0.717) is 6.54 Å². The van der Waals surface area contributed by atoms with E-state index in [9.17, 15) is 0 Å². The van der Waals surface area contributed by atoms with E-state index in [1.165, 1.54) is 0 Å².